The molecular weight excluding hydrogens is 332 g/mol. The van der Waals surface area contributed by atoms with Gasteiger partial charge in [0.1, 0.15) is 0 Å². The highest BCUT2D eigenvalue weighted by molar-refractivity contribution is 7.16. The highest BCUT2D eigenvalue weighted by Gasteiger charge is 2.42. The van der Waals surface area contributed by atoms with Gasteiger partial charge in [-0.15, -0.1) is 11.3 Å². The minimum absolute atomic E-state index is 0.0479. The first-order chi connectivity index (χ1) is 12.1. The average Bonchev–Trinajstić information content (AvgIpc) is 3.06. The number of rotatable bonds is 2. The van der Waals surface area contributed by atoms with Crippen molar-refractivity contribution in [3.8, 4) is 10.4 Å². The van der Waals surface area contributed by atoms with E-state index in [4.69, 9.17) is 0 Å². The quantitative estimate of drug-likeness (QED) is 0.844. The van der Waals surface area contributed by atoms with Gasteiger partial charge in [0.25, 0.3) is 5.91 Å². The Hall–Kier alpha value is -2.14. The number of anilines is 1. The van der Waals surface area contributed by atoms with Crippen molar-refractivity contribution in [1.82, 2.24) is 5.32 Å². The predicted molar refractivity (Wildman–Crippen MR) is 101 cm³/mol. The Morgan fingerprint density at radius 3 is 2.76 bits per heavy atom. The van der Waals surface area contributed by atoms with E-state index < -0.39 is 0 Å². The van der Waals surface area contributed by atoms with E-state index in [0.29, 0.717) is 0 Å². The van der Waals surface area contributed by atoms with Gasteiger partial charge in [-0.1, -0.05) is 31.4 Å². The second-order valence-electron chi connectivity index (χ2n) is 7.14. The van der Waals surface area contributed by atoms with Gasteiger partial charge in [0.15, 0.2) is 0 Å². The van der Waals surface area contributed by atoms with Gasteiger partial charge < -0.3 is 10.6 Å². The van der Waals surface area contributed by atoms with Crippen molar-refractivity contribution in [2.75, 3.05) is 11.9 Å². The SMILES string of the molecule is CC(=O)Nc1cccc(-c2cc3c(s2)C2(CCCCC2)CNC3=O)c1. The van der Waals surface area contributed by atoms with Crippen molar-refractivity contribution in [3.05, 3.63) is 40.8 Å². The minimum atomic E-state index is -0.0804. The fourth-order valence-electron chi connectivity index (χ4n) is 4.11. The second-order valence-corrected chi connectivity index (χ2v) is 8.19. The molecule has 1 aromatic carbocycles. The smallest absolute Gasteiger partial charge is 0.252 e. The number of thiophene rings is 1. The molecule has 5 heteroatoms. The Bertz CT molecular complexity index is 834. The topological polar surface area (TPSA) is 58.2 Å². The van der Waals surface area contributed by atoms with Crippen LogP contribution in [0.25, 0.3) is 10.4 Å². The molecule has 0 bridgehead atoms. The molecule has 0 unspecified atom stereocenters. The van der Waals surface area contributed by atoms with Crippen LogP contribution in [0.1, 0.15) is 54.3 Å². The summed E-state index contributed by atoms with van der Waals surface area (Å²) in [4.78, 5) is 26.1. The first-order valence-electron chi connectivity index (χ1n) is 8.88. The zero-order valence-corrected chi connectivity index (χ0v) is 15.2. The molecule has 1 fully saturated rings. The first-order valence-corrected chi connectivity index (χ1v) is 9.70. The van der Waals surface area contributed by atoms with Crippen LogP contribution in [0.15, 0.2) is 30.3 Å². The molecular formula is C20H22N2O2S. The van der Waals surface area contributed by atoms with E-state index in [1.165, 1.54) is 31.1 Å². The lowest BCUT2D eigenvalue weighted by atomic mass is 9.70. The molecule has 0 radical (unpaired) electrons. The minimum Gasteiger partial charge on any atom is -0.351 e. The summed E-state index contributed by atoms with van der Waals surface area (Å²) in [6, 6.07) is 9.86. The van der Waals surface area contributed by atoms with Crippen LogP contribution < -0.4 is 10.6 Å². The van der Waals surface area contributed by atoms with Gasteiger partial charge in [-0.2, -0.15) is 0 Å². The van der Waals surface area contributed by atoms with Crippen LogP contribution in [0.2, 0.25) is 0 Å². The van der Waals surface area contributed by atoms with Gasteiger partial charge in [0.05, 0.1) is 5.56 Å². The lowest BCUT2D eigenvalue weighted by Crippen LogP contribution is -2.46. The average molecular weight is 354 g/mol. The second kappa shape index (κ2) is 6.30. The first kappa shape index (κ1) is 16.3. The molecule has 2 heterocycles. The van der Waals surface area contributed by atoms with Crippen molar-refractivity contribution in [3.63, 3.8) is 0 Å². The Balaban J connectivity index is 1.75. The highest BCUT2D eigenvalue weighted by atomic mass is 32.1. The molecule has 2 amide bonds. The molecule has 130 valence electrons. The third-order valence-electron chi connectivity index (χ3n) is 5.32. The highest BCUT2D eigenvalue weighted by Crippen LogP contribution is 2.47. The Kier molecular flexibility index (Phi) is 4.12. The summed E-state index contributed by atoms with van der Waals surface area (Å²) in [5.41, 5.74) is 2.80. The van der Waals surface area contributed by atoms with Crippen LogP contribution in [0, 0.1) is 0 Å². The molecule has 2 aliphatic rings. The molecule has 1 saturated carbocycles. The summed E-state index contributed by atoms with van der Waals surface area (Å²) in [6.45, 7) is 2.28. The molecule has 0 saturated heterocycles. The van der Waals surface area contributed by atoms with E-state index in [1.807, 2.05) is 30.3 Å². The summed E-state index contributed by atoms with van der Waals surface area (Å²) in [6.07, 6.45) is 6.08. The fourth-order valence-corrected chi connectivity index (χ4v) is 5.50. The summed E-state index contributed by atoms with van der Waals surface area (Å²) in [7, 11) is 0. The third kappa shape index (κ3) is 2.97. The van der Waals surface area contributed by atoms with Crippen LogP contribution in [0.4, 0.5) is 5.69 Å². The number of nitrogens with one attached hydrogen (secondary N) is 2. The van der Waals surface area contributed by atoms with Gasteiger partial charge in [-0.05, 0) is 36.6 Å². The molecule has 25 heavy (non-hydrogen) atoms. The molecule has 2 aromatic rings. The maximum atomic E-state index is 12.4. The molecule has 1 aliphatic carbocycles. The van der Waals surface area contributed by atoms with Crippen molar-refractivity contribution in [1.29, 1.82) is 0 Å². The normalized spacial score (nSPS) is 18.5. The van der Waals surface area contributed by atoms with Gasteiger partial charge in [0.2, 0.25) is 5.91 Å². The zero-order valence-electron chi connectivity index (χ0n) is 14.4. The van der Waals surface area contributed by atoms with Gasteiger partial charge in [-0.25, -0.2) is 0 Å². The molecule has 1 aliphatic heterocycles. The summed E-state index contributed by atoms with van der Waals surface area (Å²) < 4.78 is 0. The van der Waals surface area contributed by atoms with Gasteiger partial charge in [-0.3, -0.25) is 9.59 Å². The van der Waals surface area contributed by atoms with Crippen LogP contribution in [-0.4, -0.2) is 18.4 Å². The molecule has 1 spiro atoms. The lowest BCUT2D eigenvalue weighted by Gasteiger charge is -2.40. The largest absolute Gasteiger partial charge is 0.351 e. The molecule has 4 rings (SSSR count). The van der Waals surface area contributed by atoms with E-state index >= 15 is 0 Å². The number of carbonyl (C=O) groups excluding carboxylic acids is 2. The van der Waals surface area contributed by atoms with E-state index in [-0.39, 0.29) is 17.2 Å². The predicted octanol–water partition coefficient (Wildman–Crippen LogP) is 4.32. The van der Waals surface area contributed by atoms with Crippen molar-refractivity contribution in [2.45, 2.75) is 44.4 Å². The van der Waals surface area contributed by atoms with Gasteiger partial charge in [0, 0.05) is 34.3 Å². The lowest BCUT2D eigenvalue weighted by molar-refractivity contribution is -0.114. The van der Waals surface area contributed by atoms with Crippen LogP contribution in [-0.2, 0) is 10.2 Å². The Morgan fingerprint density at radius 1 is 1.20 bits per heavy atom. The molecule has 2 N–H and O–H groups in total. The Morgan fingerprint density at radius 2 is 2.00 bits per heavy atom. The fraction of sp³-hybridized carbons (Fsp3) is 0.400. The van der Waals surface area contributed by atoms with Crippen LogP contribution in [0.5, 0.6) is 0 Å². The summed E-state index contributed by atoms with van der Waals surface area (Å²) in [5, 5.41) is 5.94. The monoisotopic (exact) mass is 354 g/mol. The third-order valence-corrected chi connectivity index (χ3v) is 6.75. The maximum absolute atomic E-state index is 12.4. The van der Waals surface area contributed by atoms with Crippen molar-refractivity contribution < 1.29 is 9.59 Å². The van der Waals surface area contributed by atoms with E-state index in [0.717, 1.165) is 41.1 Å². The van der Waals surface area contributed by atoms with Gasteiger partial charge >= 0.3 is 0 Å². The molecule has 1 aromatic heterocycles. The number of benzene rings is 1. The standard InChI is InChI=1S/C20H22N2O2S/c1-13(23)22-15-7-5-6-14(10-15)17-11-16-18(25-17)20(12-21-19(16)24)8-3-2-4-9-20/h5-7,10-11H,2-4,8-9,12H2,1H3,(H,21,24)(H,22,23). The van der Waals surface area contributed by atoms with Crippen LogP contribution >= 0.6 is 11.3 Å². The van der Waals surface area contributed by atoms with Crippen molar-refractivity contribution in [2.24, 2.45) is 0 Å². The maximum Gasteiger partial charge on any atom is 0.252 e. The van der Waals surface area contributed by atoms with Crippen molar-refractivity contribution >= 4 is 28.8 Å². The number of amides is 2. The number of carbonyl (C=O) groups is 2. The van der Waals surface area contributed by atoms with E-state index in [9.17, 15) is 9.59 Å². The Labute approximate surface area is 151 Å². The zero-order chi connectivity index (χ0) is 17.4. The number of hydrogen-bond acceptors (Lipinski definition) is 3. The summed E-state index contributed by atoms with van der Waals surface area (Å²) >= 11 is 1.75. The number of hydrogen-bond donors (Lipinski definition) is 2. The summed E-state index contributed by atoms with van der Waals surface area (Å²) in [5.74, 6) is -0.0325. The molecule has 4 nitrogen and oxygen atoms in total. The van der Waals surface area contributed by atoms with E-state index in [1.54, 1.807) is 11.3 Å². The number of fused-ring (bicyclic) bond motifs is 2. The van der Waals surface area contributed by atoms with E-state index in [2.05, 4.69) is 10.6 Å². The molecule has 0 atom stereocenters. The van der Waals surface area contributed by atoms with Crippen LogP contribution in [0.3, 0.4) is 0 Å².